The van der Waals surface area contributed by atoms with E-state index in [1.807, 2.05) is 7.05 Å². The Bertz CT molecular complexity index is 624. The molecule has 1 fully saturated rings. The van der Waals surface area contributed by atoms with Gasteiger partial charge in [0.25, 0.3) is 0 Å². The van der Waals surface area contributed by atoms with Gasteiger partial charge in [-0.1, -0.05) is 0 Å². The second-order valence-electron chi connectivity index (χ2n) is 5.02. The summed E-state index contributed by atoms with van der Waals surface area (Å²) in [6.45, 7) is 1.87. The average molecular weight is 288 g/mol. The molecule has 6 nitrogen and oxygen atoms in total. The zero-order valence-corrected chi connectivity index (χ0v) is 11.8. The van der Waals surface area contributed by atoms with Gasteiger partial charge in [-0.05, 0) is 37.1 Å². The van der Waals surface area contributed by atoms with Crippen LogP contribution in [-0.2, 0) is 0 Å². The van der Waals surface area contributed by atoms with Gasteiger partial charge in [0, 0.05) is 25.8 Å². The molecule has 0 unspecified atom stereocenters. The minimum Gasteiger partial charge on any atom is -0.368 e. The number of hydrogen-bond acceptors (Lipinski definition) is 6. The minimum atomic E-state index is -0.278. The van der Waals surface area contributed by atoms with Gasteiger partial charge in [-0.25, -0.2) is 4.39 Å². The van der Waals surface area contributed by atoms with E-state index in [9.17, 15) is 4.39 Å². The Kier molecular flexibility index (Phi) is 3.55. The van der Waals surface area contributed by atoms with Crippen molar-refractivity contribution in [3.05, 3.63) is 30.1 Å². The summed E-state index contributed by atoms with van der Waals surface area (Å²) >= 11 is 0. The molecular weight excluding hydrogens is 271 g/mol. The van der Waals surface area contributed by atoms with Crippen LogP contribution in [0.2, 0.25) is 0 Å². The third-order valence-corrected chi connectivity index (χ3v) is 3.53. The predicted octanol–water partition coefficient (Wildman–Crippen LogP) is 1.96. The van der Waals surface area contributed by atoms with Gasteiger partial charge in [0.2, 0.25) is 17.8 Å². The molecule has 2 N–H and O–H groups in total. The summed E-state index contributed by atoms with van der Waals surface area (Å²) < 4.78 is 13.0. The first kappa shape index (κ1) is 13.5. The largest absolute Gasteiger partial charge is 0.368 e. The molecule has 21 heavy (non-hydrogen) atoms. The Balaban J connectivity index is 1.91. The summed E-state index contributed by atoms with van der Waals surface area (Å²) in [5.74, 6) is 0.968. The molecule has 0 saturated carbocycles. The summed E-state index contributed by atoms with van der Waals surface area (Å²) in [5.41, 5.74) is 6.58. The standard InChI is InChI=1S/C14H17FN6/c1-20(11-6-4-10(15)5-7-11)13-17-12(16)18-14(19-13)21-8-2-3-9-21/h4-7H,2-3,8-9H2,1H3,(H2,16,17,18,19). The van der Waals surface area contributed by atoms with E-state index in [4.69, 9.17) is 5.73 Å². The lowest BCUT2D eigenvalue weighted by atomic mass is 10.3. The molecule has 2 aromatic rings. The Hall–Kier alpha value is -2.44. The lowest BCUT2D eigenvalue weighted by molar-refractivity contribution is 0.628. The third kappa shape index (κ3) is 2.86. The molecule has 110 valence electrons. The zero-order chi connectivity index (χ0) is 14.8. The van der Waals surface area contributed by atoms with Crippen molar-refractivity contribution in [1.29, 1.82) is 0 Å². The van der Waals surface area contributed by atoms with Crippen LogP contribution in [0.15, 0.2) is 24.3 Å². The van der Waals surface area contributed by atoms with Gasteiger partial charge in [-0.2, -0.15) is 15.0 Å². The second kappa shape index (κ2) is 5.51. The third-order valence-electron chi connectivity index (χ3n) is 3.53. The fraction of sp³-hybridized carbons (Fsp3) is 0.357. The van der Waals surface area contributed by atoms with Gasteiger partial charge in [-0.3, -0.25) is 0 Å². The first-order chi connectivity index (χ1) is 10.1. The molecule has 1 aliphatic heterocycles. The van der Waals surface area contributed by atoms with Crippen LogP contribution in [0.25, 0.3) is 0 Å². The highest BCUT2D eigenvalue weighted by atomic mass is 19.1. The molecule has 0 bridgehead atoms. The van der Waals surface area contributed by atoms with Crippen molar-refractivity contribution in [3.8, 4) is 0 Å². The predicted molar refractivity (Wildman–Crippen MR) is 80.1 cm³/mol. The molecule has 0 spiro atoms. The number of nitrogens with zero attached hydrogens (tertiary/aromatic N) is 5. The number of nitrogen functional groups attached to an aromatic ring is 1. The summed E-state index contributed by atoms with van der Waals surface area (Å²) in [6.07, 6.45) is 2.27. The first-order valence-corrected chi connectivity index (χ1v) is 6.89. The number of anilines is 4. The van der Waals surface area contributed by atoms with E-state index < -0.39 is 0 Å². The van der Waals surface area contributed by atoms with E-state index in [2.05, 4.69) is 19.9 Å². The van der Waals surface area contributed by atoms with E-state index >= 15 is 0 Å². The maximum absolute atomic E-state index is 13.0. The molecule has 7 heteroatoms. The van der Waals surface area contributed by atoms with Crippen molar-refractivity contribution in [2.24, 2.45) is 0 Å². The van der Waals surface area contributed by atoms with Crippen molar-refractivity contribution in [1.82, 2.24) is 15.0 Å². The molecule has 1 aromatic carbocycles. The lowest BCUT2D eigenvalue weighted by Gasteiger charge is -2.20. The smallest absolute Gasteiger partial charge is 0.236 e. The number of hydrogen-bond donors (Lipinski definition) is 1. The number of rotatable bonds is 3. The normalized spacial score (nSPS) is 14.5. The van der Waals surface area contributed by atoms with E-state index in [1.165, 1.54) is 12.1 Å². The Labute approximate surface area is 122 Å². The first-order valence-electron chi connectivity index (χ1n) is 6.89. The van der Waals surface area contributed by atoms with Crippen molar-refractivity contribution in [2.45, 2.75) is 12.8 Å². The van der Waals surface area contributed by atoms with E-state index in [0.717, 1.165) is 31.6 Å². The molecular formula is C14H17FN6. The quantitative estimate of drug-likeness (QED) is 0.931. The Morgan fingerprint density at radius 1 is 1.10 bits per heavy atom. The molecule has 0 amide bonds. The number of halogens is 1. The van der Waals surface area contributed by atoms with Gasteiger partial charge in [0.05, 0.1) is 0 Å². The van der Waals surface area contributed by atoms with Crippen LogP contribution in [0.1, 0.15) is 12.8 Å². The summed E-state index contributed by atoms with van der Waals surface area (Å²) in [5, 5.41) is 0. The van der Waals surface area contributed by atoms with Crippen LogP contribution in [-0.4, -0.2) is 35.1 Å². The summed E-state index contributed by atoms with van der Waals surface area (Å²) in [4.78, 5) is 16.7. The Morgan fingerprint density at radius 2 is 1.76 bits per heavy atom. The number of benzene rings is 1. The van der Waals surface area contributed by atoms with Gasteiger partial charge in [0.15, 0.2) is 0 Å². The van der Waals surface area contributed by atoms with Crippen molar-refractivity contribution < 1.29 is 4.39 Å². The number of nitrogens with two attached hydrogens (primary N) is 1. The van der Waals surface area contributed by atoms with Gasteiger partial charge >= 0.3 is 0 Å². The van der Waals surface area contributed by atoms with Crippen molar-refractivity contribution in [3.63, 3.8) is 0 Å². The fourth-order valence-corrected chi connectivity index (χ4v) is 2.36. The number of aromatic nitrogens is 3. The monoisotopic (exact) mass is 288 g/mol. The van der Waals surface area contributed by atoms with Crippen LogP contribution >= 0.6 is 0 Å². The topological polar surface area (TPSA) is 71.2 Å². The molecule has 2 heterocycles. The highest BCUT2D eigenvalue weighted by Gasteiger charge is 2.18. The summed E-state index contributed by atoms with van der Waals surface area (Å²) in [6, 6.07) is 6.14. The van der Waals surface area contributed by atoms with Crippen molar-refractivity contribution >= 4 is 23.5 Å². The highest BCUT2D eigenvalue weighted by Crippen LogP contribution is 2.23. The van der Waals surface area contributed by atoms with Gasteiger partial charge in [-0.15, -0.1) is 0 Å². The van der Waals surface area contributed by atoms with Crippen LogP contribution in [0.3, 0.4) is 0 Å². The Morgan fingerprint density at radius 3 is 2.43 bits per heavy atom. The molecule has 0 radical (unpaired) electrons. The highest BCUT2D eigenvalue weighted by molar-refractivity contribution is 5.58. The summed E-state index contributed by atoms with van der Waals surface area (Å²) in [7, 11) is 1.82. The minimum absolute atomic E-state index is 0.191. The molecule has 1 aromatic heterocycles. The van der Waals surface area contributed by atoms with Gasteiger partial charge < -0.3 is 15.5 Å². The molecule has 0 aliphatic carbocycles. The fourth-order valence-electron chi connectivity index (χ4n) is 2.36. The van der Waals surface area contributed by atoms with E-state index in [-0.39, 0.29) is 11.8 Å². The molecule has 1 saturated heterocycles. The maximum atomic E-state index is 13.0. The SMILES string of the molecule is CN(c1ccc(F)cc1)c1nc(N)nc(N2CCCC2)n1. The lowest BCUT2D eigenvalue weighted by Crippen LogP contribution is -2.23. The van der Waals surface area contributed by atoms with E-state index in [1.54, 1.807) is 17.0 Å². The average Bonchev–Trinajstić information content (AvgIpc) is 3.01. The van der Waals surface area contributed by atoms with Gasteiger partial charge in [0.1, 0.15) is 5.82 Å². The van der Waals surface area contributed by atoms with Crippen LogP contribution < -0.4 is 15.5 Å². The van der Waals surface area contributed by atoms with E-state index in [0.29, 0.717) is 11.9 Å². The zero-order valence-electron chi connectivity index (χ0n) is 11.8. The van der Waals surface area contributed by atoms with Crippen molar-refractivity contribution in [2.75, 3.05) is 35.7 Å². The molecule has 0 atom stereocenters. The maximum Gasteiger partial charge on any atom is 0.236 e. The van der Waals surface area contributed by atoms with Crippen LogP contribution in [0.4, 0.5) is 27.9 Å². The molecule has 3 rings (SSSR count). The van der Waals surface area contributed by atoms with Crippen LogP contribution in [0, 0.1) is 5.82 Å². The van der Waals surface area contributed by atoms with Crippen LogP contribution in [0.5, 0.6) is 0 Å². The molecule has 1 aliphatic rings. The second-order valence-corrected chi connectivity index (χ2v) is 5.02.